The summed E-state index contributed by atoms with van der Waals surface area (Å²) in [6.07, 6.45) is 3.01. The van der Waals surface area contributed by atoms with Crippen molar-refractivity contribution in [1.29, 1.82) is 0 Å². The normalized spacial score (nSPS) is 13.3. The second kappa shape index (κ2) is 3.72. The fraction of sp³-hybridized carbons (Fsp3) is 0.667. The molecule has 2 N–H and O–H groups in total. The van der Waals surface area contributed by atoms with Gasteiger partial charge in [-0.25, -0.2) is 0 Å². The Balaban J connectivity index is 2.91. The molecule has 0 fully saturated rings. The van der Waals surface area contributed by atoms with Gasteiger partial charge in [0.05, 0.1) is 5.69 Å². The summed E-state index contributed by atoms with van der Waals surface area (Å²) < 4.78 is 1.93. The topological polar surface area (TPSA) is 43.8 Å². The molecule has 1 atom stereocenters. The molecule has 0 bridgehead atoms. The number of hydrogen-bond acceptors (Lipinski definition) is 2. The third-order valence-corrected chi connectivity index (χ3v) is 2.15. The predicted molar refractivity (Wildman–Crippen MR) is 49.9 cm³/mol. The lowest BCUT2D eigenvalue weighted by Gasteiger charge is -2.05. The lowest BCUT2D eigenvalue weighted by molar-refractivity contribution is 0.650. The quantitative estimate of drug-likeness (QED) is 0.743. The van der Waals surface area contributed by atoms with Gasteiger partial charge in [-0.2, -0.15) is 5.10 Å². The summed E-state index contributed by atoms with van der Waals surface area (Å²) in [6, 6.07) is 0.144. The zero-order valence-electron chi connectivity index (χ0n) is 8.04. The largest absolute Gasteiger partial charge is 0.324 e. The Labute approximate surface area is 73.6 Å². The second-order valence-corrected chi connectivity index (χ2v) is 3.04. The van der Waals surface area contributed by atoms with Gasteiger partial charge in [0.1, 0.15) is 0 Å². The van der Waals surface area contributed by atoms with Crippen LogP contribution >= 0.6 is 0 Å². The molecule has 0 unspecified atom stereocenters. The van der Waals surface area contributed by atoms with Crippen molar-refractivity contribution < 1.29 is 0 Å². The Bertz CT molecular complexity index is 252. The van der Waals surface area contributed by atoms with Crippen molar-refractivity contribution >= 4 is 0 Å². The first-order chi connectivity index (χ1) is 5.69. The minimum Gasteiger partial charge on any atom is -0.324 e. The molecule has 1 aromatic heterocycles. The summed E-state index contributed by atoms with van der Waals surface area (Å²) in [7, 11) is 0. The molecule has 1 rings (SSSR count). The minimum atomic E-state index is 0.144. The standard InChI is InChI=1S/C9H17N3/c1-4-9(10)8-6-12(5-2)11-7(8)3/h6,9H,4-5,10H2,1-3H3/t9-/m1/s1. The van der Waals surface area contributed by atoms with E-state index in [0.29, 0.717) is 0 Å². The summed E-state index contributed by atoms with van der Waals surface area (Å²) >= 11 is 0. The molecule has 12 heavy (non-hydrogen) atoms. The van der Waals surface area contributed by atoms with Crippen molar-refractivity contribution in [1.82, 2.24) is 9.78 Å². The van der Waals surface area contributed by atoms with Crippen molar-refractivity contribution in [2.24, 2.45) is 5.73 Å². The molecule has 3 nitrogen and oxygen atoms in total. The Morgan fingerprint density at radius 1 is 1.58 bits per heavy atom. The van der Waals surface area contributed by atoms with Crippen LogP contribution in [0.4, 0.5) is 0 Å². The van der Waals surface area contributed by atoms with Crippen LogP contribution in [0.25, 0.3) is 0 Å². The van der Waals surface area contributed by atoms with E-state index in [1.165, 1.54) is 5.56 Å². The fourth-order valence-corrected chi connectivity index (χ4v) is 1.28. The summed E-state index contributed by atoms with van der Waals surface area (Å²) in [5.41, 5.74) is 8.15. The maximum absolute atomic E-state index is 5.91. The fourth-order valence-electron chi connectivity index (χ4n) is 1.28. The molecule has 0 saturated carbocycles. The van der Waals surface area contributed by atoms with E-state index in [9.17, 15) is 0 Å². The van der Waals surface area contributed by atoms with Gasteiger partial charge in [0.15, 0.2) is 0 Å². The van der Waals surface area contributed by atoms with Crippen LogP contribution in [0, 0.1) is 6.92 Å². The maximum Gasteiger partial charge on any atom is 0.0641 e. The molecule has 0 aromatic carbocycles. The number of aromatic nitrogens is 2. The van der Waals surface area contributed by atoms with Gasteiger partial charge in [-0.05, 0) is 20.3 Å². The molecule has 0 spiro atoms. The van der Waals surface area contributed by atoms with Gasteiger partial charge in [0, 0.05) is 24.3 Å². The highest BCUT2D eigenvalue weighted by Crippen LogP contribution is 2.16. The van der Waals surface area contributed by atoms with Crippen LogP contribution in [0.5, 0.6) is 0 Å². The van der Waals surface area contributed by atoms with Crippen molar-refractivity contribution in [3.05, 3.63) is 17.5 Å². The van der Waals surface area contributed by atoms with Gasteiger partial charge in [-0.1, -0.05) is 6.92 Å². The predicted octanol–water partition coefficient (Wildman–Crippen LogP) is 1.62. The highest BCUT2D eigenvalue weighted by Gasteiger charge is 2.09. The molecule has 0 aliphatic carbocycles. The van der Waals surface area contributed by atoms with E-state index in [0.717, 1.165) is 18.7 Å². The molecular weight excluding hydrogens is 150 g/mol. The second-order valence-electron chi connectivity index (χ2n) is 3.04. The average Bonchev–Trinajstić information content (AvgIpc) is 2.45. The van der Waals surface area contributed by atoms with Gasteiger partial charge < -0.3 is 5.73 Å². The molecule has 0 aliphatic heterocycles. The molecule has 1 aromatic rings. The van der Waals surface area contributed by atoms with E-state index < -0.39 is 0 Å². The Morgan fingerprint density at radius 2 is 2.25 bits per heavy atom. The SMILES string of the molecule is CC[C@@H](N)c1cn(CC)nc1C. The summed E-state index contributed by atoms with van der Waals surface area (Å²) in [5.74, 6) is 0. The van der Waals surface area contributed by atoms with E-state index >= 15 is 0 Å². The van der Waals surface area contributed by atoms with E-state index in [1.807, 2.05) is 17.8 Å². The smallest absolute Gasteiger partial charge is 0.0641 e. The van der Waals surface area contributed by atoms with E-state index in [-0.39, 0.29) is 6.04 Å². The first-order valence-electron chi connectivity index (χ1n) is 4.48. The number of hydrogen-bond donors (Lipinski definition) is 1. The van der Waals surface area contributed by atoms with Gasteiger partial charge >= 0.3 is 0 Å². The average molecular weight is 167 g/mol. The van der Waals surface area contributed by atoms with Crippen LogP contribution in [-0.2, 0) is 6.54 Å². The molecular formula is C9H17N3. The third kappa shape index (κ3) is 1.67. The van der Waals surface area contributed by atoms with Crippen molar-refractivity contribution in [2.45, 2.75) is 39.8 Å². The van der Waals surface area contributed by atoms with Crippen LogP contribution in [-0.4, -0.2) is 9.78 Å². The number of nitrogens with zero attached hydrogens (tertiary/aromatic N) is 2. The van der Waals surface area contributed by atoms with Crippen LogP contribution in [0.2, 0.25) is 0 Å². The maximum atomic E-state index is 5.91. The summed E-state index contributed by atoms with van der Waals surface area (Å²) in [4.78, 5) is 0. The van der Waals surface area contributed by atoms with Gasteiger partial charge in [-0.15, -0.1) is 0 Å². The van der Waals surface area contributed by atoms with Gasteiger partial charge in [0.25, 0.3) is 0 Å². The summed E-state index contributed by atoms with van der Waals surface area (Å²) in [6.45, 7) is 7.09. The molecule has 0 amide bonds. The Kier molecular flexibility index (Phi) is 2.87. The molecule has 68 valence electrons. The van der Waals surface area contributed by atoms with Gasteiger partial charge in [-0.3, -0.25) is 4.68 Å². The molecule has 0 aliphatic rings. The molecule has 0 radical (unpaired) electrons. The highest BCUT2D eigenvalue weighted by molar-refractivity contribution is 5.19. The highest BCUT2D eigenvalue weighted by atomic mass is 15.3. The van der Waals surface area contributed by atoms with Crippen LogP contribution < -0.4 is 5.73 Å². The number of aryl methyl sites for hydroxylation is 2. The van der Waals surface area contributed by atoms with Crippen molar-refractivity contribution in [3.8, 4) is 0 Å². The molecule has 3 heteroatoms. The summed E-state index contributed by atoms with van der Waals surface area (Å²) in [5, 5.41) is 4.33. The Morgan fingerprint density at radius 3 is 2.67 bits per heavy atom. The minimum absolute atomic E-state index is 0.144. The number of nitrogens with two attached hydrogens (primary N) is 1. The first-order valence-corrected chi connectivity index (χ1v) is 4.48. The first kappa shape index (κ1) is 9.26. The van der Waals surface area contributed by atoms with Crippen molar-refractivity contribution in [3.63, 3.8) is 0 Å². The number of rotatable bonds is 3. The van der Waals surface area contributed by atoms with Gasteiger partial charge in [0.2, 0.25) is 0 Å². The lowest BCUT2D eigenvalue weighted by atomic mass is 10.1. The monoisotopic (exact) mass is 167 g/mol. The zero-order valence-corrected chi connectivity index (χ0v) is 8.04. The van der Waals surface area contributed by atoms with Crippen LogP contribution in [0.1, 0.15) is 37.6 Å². The molecule has 1 heterocycles. The van der Waals surface area contributed by atoms with E-state index in [2.05, 4.69) is 18.9 Å². The Hall–Kier alpha value is -0.830. The van der Waals surface area contributed by atoms with Crippen LogP contribution in [0.3, 0.4) is 0 Å². The van der Waals surface area contributed by atoms with E-state index in [4.69, 9.17) is 5.73 Å². The zero-order chi connectivity index (χ0) is 9.14. The molecule has 0 saturated heterocycles. The lowest BCUT2D eigenvalue weighted by Crippen LogP contribution is -2.08. The van der Waals surface area contributed by atoms with Crippen molar-refractivity contribution in [2.75, 3.05) is 0 Å². The third-order valence-electron chi connectivity index (χ3n) is 2.15. The van der Waals surface area contributed by atoms with Crippen LogP contribution in [0.15, 0.2) is 6.20 Å². The van der Waals surface area contributed by atoms with E-state index in [1.54, 1.807) is 0 Å².